The van der Waals surface area contributed by atoms with Crippen molar-refractivity contribution in [3.05, 3.63) is 46.9 Å². The molecule has 0 radical (unpaired) electrons. The van der Waals surface area contributed by atoms with E-state index in [0.717, 1.165) is 15.6 Å². The van der Waals surface area contributed by atoms with E-state index in [-0.39, 0.29) is 5.75 Å². The average Bonchev–Trinajstić information content (AvgIpc) is 2.72. The summed E-state index contributed by atoms with van der Waals surface area (Å²) in [5.74, 6) is 0.723. The van der Waals surface area contributed by atoms with Crippen LogP contribution < -0.4 is 0 Å². The molecule has 17 heavy (non-hydrogen) atoms. The molecule has 0 bridgehead atoms. The van der Waals surface area contributed by atoms with E-state index in [2.05, 4.69) is 20.9 Å². The molecule has 1 aromatic heterocycles. The van der Waals surface area contributed by atoms with Gasteiger partial charge < -0.3 is 9.52 Å². The largest absolute Gasteiger partial charge is 0.508 e. The maximum atomic E-state index is 9.36. The van der Waals surface area contributed by atoms with E-state index < -0.39 is 0 Å². The van der Waals surface area contributed by atoms with Crippen molar-refractivity contribution < 1.29 is 9.52 Å². The quantitative estimate of drug-likeness (QED) is 0.737. The van der Waals surface area contributed by atoms with Crippen LogP contribution in [-0.2, 0) is 0 Å². The minimum Gasteiger partial charge on any atom is -0.508 e. The molecule has 4 heteroatoms. The van der Waals surface area contributed by atoms with Crippen molar-refractivity contribution >= 4 is 27.0 Å². The third-order valence-electron chi connectivity index (χ3n) is 2.44. The zero-order chi connectivity index (χ0) is 11.8. The topological polar surface area (TPSA) is 46.3 Å². The molecule has 3 nitrogen and oxygen atoms in total. The number of phenolic OH excluding ortho intramolecular Hbond substituents is 1. The number of benzene rings is 2. The second-order valence-corrected chi connectivity index (χ2v) is 4.60. The maximum absolute atomic E-state index is 9.36. The summed E-state index contributed by atoms with van der Waals surface area (Å²) < 4.78 is 6.57. The number of fused-ring (bicyclic) bond motifs is 1. The first kappa shape index (κ1) is 10.4. The summed E-state index contributed by atoms with van der Waals surface area (Å²) in [4.78, 5) is 4.37. The van der Waals surface area contributed by atoms with E-state index >= 15 is 0 Å². The molecular weight excluding hydrogens is 282 g/mol. The van der Waals surface area contributed by atoms with Crippen molar-refractivity contribution in [2.24, 2.45) is 0 Å². The molecule has 84 valence electrons. The van der Waals surface area contributed by atoms with Crippen molar-refractivity contribution in [3.63, 3.8) is 0 Å². The highest BCUT2D eigenvalue weighted by Gasteiger charge is 2.08. The first-order valence-electron chi connectivity index (χ1n) is 5.08. The van der Waals surface area contributed by atoms with Crippen LogP contribution in [0.4, 0.5) is 0 Å². The van der Waals surface area contributed by atoms with Crippen LogP contribution in [0.3, 0.4) is 0 Å². The number of rotatable bonds is 1. The van der Waals surface area contributed by atoms with Crippen LogP contribution in [0.25, 0.3) is 22.6 Å². The Hall–Kier alpha value is -1.81. The Labute approximate surface area is 106 Å². The smallest absolute Gasteiger partial charge is 0.227 e. The van der Waals surface area contributed by atoms with Crippen molar-refractivity contribution in [1.29, 1.82) is 0 Å². The van der Waals surface area contributed by atoms with Gasteiger partial charge >= 0.3 is 0 Å². The third-order valence-corrected chi connectivity index (χ3v) is 2.94. The van der Waals surface area contributed by atoms with Crippen LogP contribution in [0.5, 0.6) is 5.75 Å². The van der Waals surface area contributed by atoms with Crippen molar-refractivity contribution in [3.8, 4) is 17.2 Å². The lowest BCUT2D eigenvalue weighted by Gasteiger charge is -1.94. The fraction of sp³-hybridized carbons (Fsp3) is 0. The summed E-state index contributed by atoms with van der Waals surface area (Å²) >= 11 is 3.41. The van der Waals surface area contributed by atoms with E-state index in [1.807, 2.05) is 24.3 Å². The zero-order valence-corrected chi connectivity index (χ0v) is 10.3. The fourth-order valence-electron chi connectivity index (χ4n) is 1.66. The molecule has 0 saturated carbocycles. The second-order valence-electron chi connectivity index (χ2n) is 3.68. The molecule has 3 aromatic rings. The Morgan fingerprint density at radius 1 is 1.12 bits per heavy atom. The van der Waals surface area contributed by atoms with E-state index in [0.29, 0.717) is 11.5 Å². The lowest BCUT2D eigenvalue weighted by atomic mass is 10.2. The molecule has 0 fully saturated rings. The summed E-state index contributed by atoms with van der Waals surface area (Å²) in [5, 5.41) is 9.36. The van der Waals surface area contributed by atoms with Gasteiger partial charge in [0.25, 0.3) is 0 Å². The monoisotopic (exact) mass is 289 g/mol. The SMILES string of the molecule is Oc1ccc2nc(-c3cccc(Br)c3)oc2c1. The van der Waals surface area contributed by atoms with Gasteiger partial charge in [0, 0.05) is 16.1 Å². The standard InChI is InChI=1S/C13H8BrNO2/c14-9-3-1-2-8(6-9)13-15-11-5-4-10(16)7-12(11)17-13/h1-7,16H. The van der Waals surface area contributed by atoms with Gasteiger partial charge in [0.05, 0.1) is 0 Å². The highest BCUT2D eigenvalue weighted by atomic mass is 79.9. The predicted octanol–water partition coefficient (Wildman–Crippen LogP) is 3.96. The van der Waals surface area contributed by atoms with Gasteiger partial charge in [-0.15, -0.1) is 0 Å². The molecule has 0 aliphatic carbocycles. The Bertz CT molecular complexity index is 691. The van der Waals surface area contributed by atoms with Crippen LogP contribution in [-0.4, -0.2) is 10.1 Å². The van der Waals surface area contributed by atoms with Gasteiger partial charge in [0.2, 0.25) is 5.89 Å². The van der Waals surface area contributed by atoms with Crippen molar-refractivity contribution in [2.75, 3.05) is 0 Å². The third kappa shape index (κ3) is 1.91. The van der Waals surface area contributed by atoms with Crippen LogP contribution >= 0.6 is 15.9 Å². The maximum Gasteiger partial charge on any atom is 0.227 e. The Morgan fingerprint density at radius 3 is 2.82 bits per heavy atom. The van der Waals surface area contributed by atoms with Gasteiger partial charge in [-0.25, -0.2) is 4.98 Å². The lowest BCUT2D eigenvalue weighted by Crippen LogP contribution is -1.76. The highest BCUT2D eigenvalue weighted by Crippen LogP contribution is 2.27. The molecule has 2 aromatic carbocycles. The molecule has 0 saturated heterocycles. The second kappa shape index (κ2) is 3.89. The van der Waals surface area contributed by atoms with Crippen molar-refractivity contribution in [2.45, 2.75) is 0 Å². The molecule has 0 aliphatic heterocycles. The summed E-state index contributed by atoms with van der Waals surface area (Å²) in [6.45, 7) is 0. The molecule has 0 amide bonds. The predicted molar refractivity (Wildman–Crippen MR) is 68.8 cm³/mol. The molecule has 3 rings (SSSR count). The van der Waals surface area contributed by atoms with E-state index in [4.69, 9.17) is 4.42 Å². The van der Waals surface area contributed by atoms with E-state index in [1.165, 1.54) is 0 Å². The van der Waals surface area contributed by atoms with E-state index in [1.54, 1.807) is 18.2 Å². The zero-order valence-electron chi connectivity index (χ0n) is 8.72. The molecular formula is C13H8BrNO2. The van der Waals surface area contributed by atoms with Gasteiger partial charge in [-0.1, -0.05) is 22.0 Å². The Kier molecular flexibility index (Phi) is 2.37. The minimum atomic E-state index is 0.175. The lowest BCUT2D eigenvalue weighted by molar-refractivity contribution is 0.474. The van der Waals surface area contributed by atoms with Gasteiger partial charge in [-0.3, -0.25) is 0 Å². The first-order chi connectivity index (χ1) is 8.22. The van der Waals surface area contributed by atoms with Crippen molar-refractivity contribution in [1.82, 2.24) is 4.98 Å². The highest BCUT2D eigenvalue weighted by molar-refractivity contribution is 9.10. The summed E-state index contributed by atoms with van der Waals surface area (Å²) in [6.07, 6.45) is 0. The Morgan fingerprint density at radius 2 is 2.00 bits per heavy atom. The number of aromatic nitrogens is 1. The number of hydrogen-bond acceptors (Lipinski definition) is 3. The summed E-state index contributed by atoms with van der Waals surface area (Å²) in [6, 6.07) is 12.6. The van der Waals surface area contributed by atoms with Crippen LogP contribution in [0.1, 0.15) is 0 Å². The summed E-state index contributed by atoms with van der Waals surface area (Å²) in [5.41, 5.74) is 2.22. The fourth-order valence-corrected chi connectivity index (χ4v) is 2.06. The normalized spacial score (nSPS) is 10.9. The molecule has 0 spiro atoms. The van der Waals surface area contributed by atoms with E-state index in [9.17, 15) is 5.11 Å². The van der Waals surface area contributed by atoms with Gasteiger partial charge in [0.15, 0.2) is 5.58 Å². The first-order valence-corrected chi connectivity index (χ1v) is 5.87. The number of halogens is 1. The number of phenols is 1. The van der Waals surface area contributed by atoms with Gasteiger partial charge in [-0.2, -0.15) is 0 Å². The number of nitrogens with zero attached hydrogens (tertiary/aromatic N) is 1. The minimum absolute atomic E-state index is 0.175. The van der Waals surface area contributed by atoms with Gasteiger partial charge in [-0.05, 0) is 30.3 Å². The molecule has 0 unspecified atom stereocenters. The summed E-state index contributed by atoms with van der Waals surface area (Å²) in [7, 11) is 0. The Balaban J connectivity index is 2.18. The van der Waals surface area contributed by atoms with Crippen LogP contribution in [0, 0.1) is 0 Å². The van der Waals surface area contributed by atoms with Crippen LogP contribution in [0.15, 0.2) is 51.4 Å². The molecule has 0 aliphatic rings. The van der Waals surface area contributed by atoms with Gasteiger partial charge in [0.1, 0.15) is 11.3 Å². The molecule has 1 N–H and O–H groups in total. The molecule has 0 atom stereocenters. The average molecular weight is 290 g/mol. The number of aromatic hydroxyl groups is 1. The molecule has 1 heterocycles. The number of hydrogen-bond donors (Lipinski definition) is 1. The van der Waals surface area contributed by atoms with Crippen LogP contribution in [0.2, 0.25) is 0 Å². The number of oxazole rings is 1.